The molecule has 0 radical (unpaired) electrons. The van der Waals surface area contributed by atoms with Crippen LogP contribution in [0, 0.1) is 5.92 Å². The van der Waals surface area contributed by atoms with E-state index in [0.717, 1.165) is 30.6 Å². The number of hydrogen-bond acceptors (Lipinski definition) is 4. The summed E-state index contributed by atoms with van der Waals surface area (Å²) in [6, 6.07) is 7.91. The Kier molecular flexibility index (Phi) is 7.70. The molecule has 0 aliphatic heterocycles. The van der Waals surface area contributed by atoms with Crippen molar-refractivity contribution in [2.75, 3.05) is 19.8 Å². The van der Waals surface area contributed by atoms with Gasteiger partial charge in [0, 0.05) is 18.7 Å². The number of carbonyl (C=O) groups excluding carboxylic acids is 2. The van der Waals surface area contributed by atoms with Crippen molar-refractivity contribution in [2.24, 2.45) is 5.92 Å². The van der Waals surface area contributed by atoms with E-state index in [-0.39, 0.29) is 23.8 Å². The predicted molar refractivity (Wildman–Crippen MR) is 102 cm³/mol. The molecule has 1 unspecified atom stereocenters. The summed E-state index contributed by atoms with van der Waals surface area (Å²) in [4.78, 5) is 26.2. The van der Waals surface area contributed by atoms with Crippen LogP contribution in [0.4, 0.5) is 0 Å². The number of esters is 1. The maximum Gasteiger partial charge on any atom is 0.310 e. The minimum atomic E-state index is -0.317. The van der Waals surface area contributed by atoms with Crippen LogP contribution >= 0.6 is 0 Å². The number of hydrogen-bond donors (Lipinski definition) is 0. The Morgan fingerprint density at radius 3 is 2.50 bits per heavy atom. The van der Waals surface area contributed by atoms with E-state index in [1.807, 2.05) is 24.3 Å². The van der Waals surface area contributed by atoms with Gasteiger partial charge in [0.15, 0.2) is 0 Å². The second-order valence-corrected chi connectivity index (χ2v) is 6.63. The zero-order valence-electron chi connectivity index (χ0n) is 15.9. The Morgan fingerprint density at radius 2 is 1.92 bits per heavy atom. The molecule has 1 aromatic rings. The van der Waals surface area contributed by atoms with Gasteiger partial charge in [0.2, 0.25) is 5.91 Å². The van der Waals surface area contributed by atoms with Crippen LogP contribution in [0.3, 0.4) is 0 Å². The fourth-order valence-corrected chi connectivity index (χ4v) is 2.62. The van der Waals surface area contributed by atoms with Crippen LogP contribution in [-0.2, 0) is 14.3 Å². The van der Waals surface area contributed by atoms with Gasteiger partial charge >= 0.3 is 5.97 Å². The fraction of sp³-hybridized carbons (Fsp3) is 0.524. The van der Waals surface area contributed by atoms with Crippen LogP contribution in [0.15, 0.2) is 30.3 Å². The molecule has 1 fully saturated rings. The van der Waals surface area contributed by atoms with Crippen molar-refractivity contribution < 1.29 is 19.1 Å². The van der Waals surface area contributed by atoms with E-state index in [4.69, 9.17) is 9.47 Å². The highest BCUT2D eigenvalue weighted by Crippen LogP contribution is 2.28. The lowest BCUT2D eigenvalue weighted by molar-refractivity contribution is -0.148. The number of amides is 1. The number of rotatable bonds is 10. The largest absolute Gasteiger partial charge is 0.494 e. The summed E-state index contributed by atoms with van der Waals surface area (Å²) in [6.45, 7) is 7.11. The van der Waals surface area contributed by atoms with Gasteiger partial charge in [-0.25, -0.2) is 0 Å². The number of ether oxygens (including phenoxy) is 2. The van der Waals surface area contributed by atoms with E-state index >= 15 is 0 Å². The van der Waals surface area contributed by atoms with Crippen molar-refractivity contribution >= 4 is 18.0 Å². The molecule has 0 saturated heterocycles. The highest BCUT2D eigenvalue weighted by atomic mass is 16.5. The topological polar surface area (TPSA) is 55.8 Å². The first-order chi connectivity index (χ1) is 12.5. The Hall–Kier alpha value is -2.30. The molecule has 0 spiro atoms. The van der Waals surface area contributed by atoms with Crippen LogP contribution in [0.2, 0.25) is 0 Å². The van der Waals surface area contributed by atoms with Gasteiger partial charge in [0.25, 0.3) is 0 Å². The average Bonchev–Trinajstić information content (AvgIpc) is 3.48. The van der Waals surface area contributed by atoms with Crippen molar-refractivity contribution in [1.29, 1.82) is 0 Å². The first-order valence-corrected chi connectivity index (χ1v) is 9.43. The van der Waals surface area contributed by atoms with Gasteiger partial charge in [-0.1, -0.05) is 26.0 Å². The van der Waals surface area contributed by atoms with Crippen LogP contribution in [-0.4, -0.2) is 42.6 Å². The lowest BCUT2D eigenvalue weighted by atomic mass is 10.1. The van der Waals surface area contributed by atoms with Crippen molar-refractivity contribution in [1.82, 2.24) is 4.90 Å². The molecule has 1 atom stereocenters. The summed E-state index contributed by atoms with van der Waals surface area (Å²) in [5.74, 6) is 0.202. The molecule has 1 aliphatic carbocycles. The average molecular weight is 359 g/mol. The van der Waals surface area contributed by atoms with Crippen molar-refractivity contribution in [3.05, 3.63) is 35.9 Å². The quantitative estimate of drug-likeness (QED) is 0.472. The van der Waals surface area contributed by atoms with E-state index in [9.17, 15) is 9.59 Å². The molecule has 142 valence electrons. The summed E-state index contributed by atoms with van der Waals surface area (Å²) >= 11 is 0. The van der Waals surface area contributed by atoms with Gasteiger partial charge in [-0.05, 0) is 50.0 Å². The predicted octanol–water partition coefficient (Wildman–Crippen LogP) is 3.68. The number of carbonyl (C=O) groups is 2. The SMILES string of the molecule is CCCOc1ccc(/C=C/C(=O)N(CC(C)C(=O)OCC)C2CC2)cc1. The Labute approximate surface area is 156 Å². The summed E-state index contributed by atoms with van der Waals surface area (Å²) in [5, 5.41) is 0. The van der Waals surface area contributed by atoms with Gasteiger partial charge in [0.1, 0.15) is 5.75 Å². The Balaban J connectivity index is 1.94. The Bertz CT molecular complexity index is 619. The van der Waals surface area contributed by atoms with Gasteiger partial charge in [-0.3, -0.25) is 9.59 Å². The summed E-state index contributed by atoms with van der Waals surface area (Å²) in [7, 11) is 0. The molecule has 5 nitrogen and oxygen atoms in total. The highest BCUT2D eigenvalue weighted by Gasteiger charge is 2.33. The van der Waals surface area contributed by atoms with Crippen LogP contribution in [0.25, 0.3) is 6.08 Å². The summed E-state index contributed by atoms with van der Waals surface area (Å²) in [6.07, 6.45) is 6.35. The van der Waals surface area contributed by atoms with Crippen molar-refractivity contribution in [2.45, 2.75) is 46.1 Å². The molecule has 1 saturated carbocycles. The molecule has 0 N–H and O–H groups in total. The zero-order valence-corrected chi connectivity index (χ0v) is 15.9. The van der Waals surface area contributed by atoms with E-state index in [2.05, 4.69) is 6.92 Å². The highest BCUT2D eigenvalue weighted by molar-refractivity contribution is 5.92. The fourth-order valence-electron chi connectivity index (χ4n) is 2.62. The maximum absolute atomic E-state index is 12.6. The van der Waals surface area contributed by atoms with E-state index < -0.39 is 0 Å². The lowest BCUT2D eigenvalue weighted by Crippen LogP contribution is -2.38. The second-order valence-electron chi connectivity index (χ2n) is 6.63. The lowest BCUT2D eigenvalue weighted by Gasteiger charge is -2.23. The summed E-state index contributed by atoms with van der Waals surface area (Å²) in [5.41, 5.74) is 0.941. The standard InChI is InChI=1S/C21H29NO4/c1-4-14-26-19-11-6-17(7-12-19)8-13-20(23)22(18-9-10-18)15-16(3)21(24)25-5-2/h6-8,11-13,16,18H,4-5,9-10,14-15H2,1-3H3/b13-8+. The molecule has 1 amide bonds. The molecular formula is C21H29NO4. The molecular weight excluding hydrogens is 330 g/mol. The number of benzene rings is 1. The third kappa shape index (κ3) is 6.21. The van der Waals surface area contributed by atoms with Crippen molar-refractivity contribution in [3.63, 3.8) is 0 Å². The first kappa shape index (κ1) is 20.0. The zero-order chi connectivity index (χ0) is 18.9. The van der Waals surface area contributed by atoms with Crippen LogP contribution in [0.5, 0.6) is 5.75 Å². The van der Waals surface area contributed by atoms with E-state index in [1.165, 1.54) is 0 Å². The third-order valence-corrected chi connectivity index (χ3v) is 4.20. The molecule has 0 bridgehead atoms. The smallest absolute Gasteiger partial charge is 0.310 e. The third-order valence-electron chi connectivity index (χ3n) is 4.20. The maximum atomic E-state index is 12.6. The molecule has 0 aromatic heterocycles. The van der Waals surface area contributed by atoms with E-state index in [0.29, 0.717) is 19.8 Å². The number of nitrogens with zero attached hydrogens (tertiary/aromatic N) is 1. The van der Waals surface area contributed by atoms with Crippen molar-refractivity contribution in [3.8, 4) is 5.75 Å². The molecule has 1 aromatic carbocycles. The second kappa shape index (κ2) is 10.00. The molecule has 5 heteroatoms. The van der Waals surface area contributed by atoms with Gasteiger partial charge in [-0.15, -0.1) is 0 Å². The van der Waals surface area contributed by atoms with Crippen LogP contribution in [0.1, 0.15) is 45.6 Å². The van der Waals surface area contributed by atoms with E-state index in [1.54, 1.807) is 30.9 Å². The van der Waals surface area contributed by atoms with Gasteiger partial charge < -0.3 is 14.4 Å². The summed E-state index contributed by atoms with van der Waals surface area (Å²) < 4.78 is 10.6. The molecule has 0 heterocycles. The van der Waals surface area contributed by atoms with Crippen LogP contribution < -0.4 is 4.74 Å². The Morgan fingerprint density at radius 1 is 1.23 bits per heavy atom. The van der Waals surface area contributed by atoms with Gasteiger partial charge in [0.05, 0.1) is 19.1 Å². The molecule has 2 rings (SSSR count). The normalized spacial score (nSPS) is 14.9. The first-order valence-electron chi connectivity index (χ1n) is 9.43. The monoisotopic (exact) mass is 359 g/mol. The molecule has 1 aliphatic rings. The minimum Gasteiger partial charge on any atom is -0.494 e. The molecule has 26 heavy (non-hydrogen) atoms. The minimum absolute atomic E-state index is 0.0602. The van der Waals surface area contributed by atoms with Gasteiger partial charge in [-0.2, -0.15) is 0 Å².